The quantitative estimate of drug-likeness (QED) is 0.800. The number of aryl methyl sites for hydroxylation is 1. The lowest BCUT2D eigenvalue weighted by atomic mass is 10.2. The summed E-state index contributed by atoms with van der Waals surface area (Å²) in [5.74, 6) is 0.0405. The first-order valence-corrected chi connectivity index (χ1v) is 6.39. The van der Waals surface area contributed by atoms with Gasteiger partial charge in [-0.25, -0.2) is 9.78 Å². The summed E-state index contributed by atoms with van der Waals surface area (Å²) in [6.07, 6.45) is 0. The first kappa shape index (κ1) is 13.9. The van der Waals surface area contributed by atoms with E-state index in [2.05, 4.69) is 4.98 Å². The molecule has 0 saturated carbocycles. The number of benzene rings is 1. The second-order valence-electron chi connectivity index (χ2n) is 3.74. The third kappa shape index (κ3) is 2.74. The molecule has 0 unspecified atom stereocenters. The Bertz CT molecular complexity index is 602. The lowest BCUT2D eigenvalue weighted by Gasteiger charge is -2.01. The third-order valence-electron chi connectivity index (χ3n) is 2.44. The van der Waals surface area contributed by atoms with Crippen LogP contribution in [0.3, 0.4) is 0 Å². The first-order chi connectivity index (χ1) is 9.04. The van der Waals surface area contributed by atoms with Crippen LogP contribution in [0.25, 0.3) is 11.5 Å². The van der Waals surface area contributed by atoms with Crippen molar-refractivity contribution in [1.82, 2.24) is 4.98 Å². The summed E-state index contributed by atoms with van der Waals surface area (Å²) in [5.41, 5.74) is 0.595. The number of rotatable bonds is 3. The number of oxazole rings is 1. The zero-order valence-corrected chi connectivity index (χ0v) is 11.9. The summed E-state index contributed by atoms with van der Waals surface area (Å²) in [4.78, 5) is 15.8. The van der Waals surface area contributed by atoms with Crippen LogP contribution >= 0.6 is 23.2 Å². The summed E-state index contributed by atoms with van der Waals surface area (Å²) in [6.45, 7) is 3.62. The van der Waals surface area contributed by atoms with Gasteiger partial charge in [0.15, 0.2) is 5.69 Å². The van der Waals surface area contributed by atoms with Crippen molar-refractivity contribution in [2.45, 2.75) is 13.8 Å². The minimum Gasteiger partial charge on any atom is -0.461 e. The van der Waals surface area contributed by atoms with Gasteiger partial charge >= 0.3 is 5.97 Å². The molecule has 1 heterocycles. The fraction of sp³-hybridized carbons (Fsp3) is 0.231. The van der Waals surface area contributed by atoms with Gasteiger partial charge in [-0.3, -0.25) is 0 Å². The van der Waals surface area contributed by atoms with E-state index in [-0.39, 0.29) is 18.2 Å². The molecular weight excluding hydrogens is 289 g/mol. The average Bonchev–Trinajstić information content (AvgIpc) is 2.71. The highest BCUT2D eigenvalue weighted by molar-refractivity contribution is 6.38. The molecule has 0 radical (unpaired) electrons. The Morgan fingerprint density at radius 2 is 2.00 bits per heavy atom. The lowest BCUT2D eigenvalue weighted by molar-refractivity contribution is 0.0518. The number of esters is 1. The fourth-order valence-corrected chi connectivity index (χ4v) is 2.15. The van der Waals surface area contributed by atoms with Crippen LogP contribution in [0.5, 0.6) is 0 Å². The Morgan fingerprint density at radius 1 is 1.37 bits per heavy atom. The molecule has 4 nitrogen and oxygen atoms in total. The number of aromatic nitrogens is 1. The molecule has 0 saturated heterocycles. The van der Waals surface area contributed by atoms with Gasteiger partial charge in [-0.05, 0) is 26.0 Å². The summed E-state index contributed by atoms with van der Waals surface area (Å²) >= 11 is 12.1. The normalized spacial score (nSPS) is 10.5. The van der Waals surface area contributed by atoms with Crippen molar-refractivity contribution in [3.8, 4) is 11.5 Å². The second-order valence-corrected chi connectivity index (χ2v) is 4.56. The molecule has 0 atom stereocenters. The average molecular weight is 300 g/mol. The van der Waals surface area contributed by atoms with E-state index < -0.39 is 5.97 Å². The SMILES string of the molecule is CCOC(=O)c1nc(-c2c(Cl)cccc2Cl)oc1C. The maximum atomic E-state index is 11.7. The maximum Gasteiger partial charge on any atom is 0.360 e. The molecule has 0 spiro atoms. The predicted octanol–water partition coefficient (Wildman–Crippen LogP) is 4.13. The van der Waals surface area contributed by atoms with Gasteiger partial charge in [0.1, 0.15) is 5.76 Å². The van der Waals surface area contributed by atoms with Gasteiger partial charge < -0.3 is 9.15 Å². The molecule has 0 aliphatic rings. The molecule has 0 amide bonds. The van der Waals surface area contributed by atoms with E-state index in [1.54, 1.807) is 32.0 Å². The minimum atomic E-state index is -0.529. The van der Waals surface area contributed by atoms with E-state index in [4.69, 9.17) is 32.4 Å². The molecular formula is C13H11Cl2NO3. The number of hydrogen-bond donors (Lipinski definition) is 0. The van der Waals surface area contributed by atoms with E-state index in [0.717, 1.165) is 0 Å². The van der Waals surface area contributed by atoms with Crippen LogP contribution in [0.1, 0.15) is 23.2 Å². The third-order valence-corrected chi connectivity index (χ3v) is 3.07. The van der Waals surface area contributed by atoms with E-state index >= 15 is 0 Å². The van der Waals surface area contributed by atoms with Gasteiger partial charge in [0.2, 0.25) is 5.89 Å². The van der Waals surface area contributed by atoms with Crippen molar-refractivity contribution < 1.29 is 13.9 Å². The van der Waals surface area contributed by atoms with Crippen LogP contribution in [0.2, 0.25) is 10.0 Å². The molecule has 19 heavy (non-hydrogen) atoms. The molecule has 0 N–H and O–H groups in total. The number of halogens is 2. The van der Waals surface area contributed by atoms with E-state index in [9.17, 15) is 4.79 Å². The molecule has 2 rings (SSSR count). The van der Waals surface area contributed by atoms with Crippen LogP contribution in [0.4, 0.5) is 0 Å². The zero-order valence-electron chi connectivity index (χ0n) is 10.4. The van der Waals surface area contributed by atoms with Gasteiger partial charge in [0.05, 0.1) is 22.2 Å². The van der Waals surface area contributed by atoms with Crippen molar-refractivity contribution in [2.24, 2.45) is 0 Å². The minimum absolute atomic E-state index is 0.132. The predicted molar refractivity (Wildman–Crippen MR) is 72.7 cm³/mol. The van der Waals surface area contributed by atoms with Crippen molar-refractivity contribution in [3.63, 3.8) is 0 Å². The molecule has 2 aromatic rings. The summed E-state index contributed by atoms with van der Waals surface area (Å²) in [6, 6.07) is 5.06. The van der Waals surface area contributed by atoms with Crippen LogP contribution in [-0.2, 0) is 4.74 Å². The first-order valence-electron chi connectivity index (χ1n) is 5.63. The van der Waals surface area contributed by atoms with Crippen molar-refractivity contribution in [2.75, 3.05) is 6.61 Å². The molecule has 1 aromatic heterocycles. The largest absolute Gasteiger partial charge is 0.461 e. The highest BCUT2D eigenvalue weighted by Crippen LogP contribution is 2.34. The van der Waals surface area contributed by atoms with Crippen molar-refractivity contribution >= 4 is 29.2 Å². The number of carbonyl (C=O) groups is 1. The molecule has 0 aliphatic carbocycles. The summed E-state index contributed by atoms with van der Waals surface area (Å²) < 4.78 is 10.3. The van der Waals surface area contributed by atoms with Crippen LogP contribution in [0.15, 0.2) is 22.6 Å². The molecule has 100 valence electrons. The second kappa shape index (κ2) is 5.63. The van der Waals surface area contributed by atoms with Crippen molar-refractivity contribution in [1.29, 1.82) is 0 Å². The highest BCUT2D eigenvalue weighted by atomic mass is 35.5. The molecule has 1 aromatic carbocycles. The molecule has 0 fully saturated rings. The Morgan fingerprint density at radius 3 is 2.58 bits per heavy atom. The van der Waals surface area contributed by atoms with Crippen LogP contribution < -0.4 is 0 Å². The number of hydrogen-bond acceptors (Lipinski definition) is 4. The molecule has 0 aliphatic heterocycles. The molecule has 6 heteroatoms. The fourth-order valence-electron chi connectivity index (χ4n) is 1.59. The van der Waals surface area contributed by atoms with Crippen molar-refractivity contribution in [3.05, 3.63) is 39.7 Å². The lowest BCUT2D eigenvalue weighted by Crippen LogP contribution is -2.06. The van der Waals surface area contributed by atoms with Gasteiger partial charge in [-0.15, -0.1) is 0 Å². The van der Waals surface area contributed by atoms with E-state index in [0.29, 0.717) is 21.4 Å². The maximum absolute atomic E-state index is 11.7. The van der Waals surface area contributed by atoms with Gasteiger partial charge in [-0.1, -0.05) is 29.3 Å². The Hall–Kier alpha value is -1.52. The number of nitrogens with zero attached hydrogens (tertiary/aromatic N) is 1. The number of carbonyl (C=O) groups excluding carboxylic acids is 1. The van der Waals surface area contributed by atoms with Crippen LogP contribution in [-0.4, -0.2) is 17.6 Å². The van der Waals surface area contributed by atoms with Gasteiger partial charge in [0, 0.05) is 0 Å². The van der Waals surface area contributed by atoms with Gasteiger partial charge in [-0.2, -0.15) is 0 Å². The monoisotopic (exact) mass is 299 g/mol. The Balaban J connectivity index is 2.48. The van der Waals surface area contributed by atoms with Crippen LogP contribution in [0, 0.1) is 6.92 Å². The topological polar surface area (TPSA) is 52.3 Å². The van der Waals surface area contributed by atoms with E-state index in [1.807, 2.05) is 0 Å². The Labute approximate surface area is 120 Å². The summed E-state index contributed by atoms with van der Waals surface area (Å²) in [5, 5.41) is 0.813. The standard InChI is InChI=1S/C13H11Cl2NO3/c1-3-18-13(17)11-7(2)19-12(16-11)10-8(14)5-4-6-9(10)15/h4-6H,3H2,1-2H3. The van der Waals surface area contributed by atoms with Gasteiger partial charge in [0.25, 0.3) is 0 Å². The summed E-state index contributed by atoms with van der Waals surface area (Å²) in [7, 11) is 0. The highest BCUT2D eigenvalue weighted by Gasteiger charge is 2.21. The Kier molecular flexibility index (Phi) is 4.12. The molecule has 0 bridgehead atoms. The van der Waals surface area contributed by atoms with E-state index in [1.165, 1.54) is 0 Å². The zero-order chi connectivity index (χ0) is 14.0. The smallest absolute Gasteiger partial charge is 0.360 e. The number of ether oxygens (including phenoxy) is 1.